The zero-order valence-electron chi connectivity index (χ0n) is 9.76. The van der Waals surface area contributed by atoms with Crippen LogP contribution >= 0.6 is 0 Å². The molecule has 1 fully saturated rings. The molecule has 2 unspecified atom stereocenters. The van der Waals surface area contributed by atoms with Crippen LogP contribution in [0, 0.1) is 0 Å². The molecule has 3 nitrogen and oxygen atoms in total. The number of esters is 1. The Morgan fingerprint density at radius 1 is 1.62 bits per heavy atom. The maximum Gasteiger partial charge on any atom is 0.377 e. The Kier molecular flexibility index (Phi) is 4.65. The van der Waals surface area contributed by atoms with E-state index in [4.69, 9.17) is 0 Å². The number of ether oxygens (including phenoxy) is 1. The third-order valence-corrected chi connectivity index (χ3v) is 2.74. The number of unbranched alkanes of at least 4 members (excludes halogenated alkanes) is 1. The number of cyclic esters (lactones) is 1. The summed E-state index contributed by atoms with van der Waals surface area (Å²) in [5, 5.41) is 3.11. The van der Waals surface area contributed by atoms with E-state index >= 15 is 0 Å². The first-order chi connectivity index (χ1) is 7.45. The molecule has 0 bridgehead atoms. The van der Waals surface area contributed by atoms with Crippen molar-refractivity contribution in [3.63, 3.8) is 0 Å². The number of alkyl halides is 2. The van der Waals surface area contributed by atoms with Gasteiger partial charge in [-0.1, -0.05) is 19.8 Å². The molecule has 16 heavy (non-hydrogen) atoms. The molecule has 1 aliphatic heterocycles. The quantitative estimate of drug-likeness (QED) is 0.716. The van der Waals surface area contributed by atoms with E-state index in [9.17, 15) is 13.6 Å². The predicted octanol–water partition coefficient (Wildman–Crippen LogP) is 2.11. The molecule has 1 heterocycles. The van der Waals surface area contributed by atoms with Crippen LogP contribution in [0.3, 0.4) is 0 Å². The van der Waals surface area contributed by atoms with Crippen LogP contribution < -0.4 is 5.32 Å². The highest BCUT2D eigenvalue weighted by Crippen LogP contribution is 2.30. The Labute approximate surface area is 94.5 Å². The molecule has 94 valence electrons. The number of hydrogen-bond acceptors (Lipinski definition) is 3. The van der Waals surface area contributed by atoms with Crippen LogP contribution in [0.2, 0.25) is 0 Å². The number of carbonyl (C=O) groups is 1. The highest BCUT2D eigenvalue weighted by Gasteiger charge is 2.50. The lowest BCUT2D eigenvalue weighted by atomic mass is 10.1. The monoisotopic (exact) mass is 235 g/mol. The summed E-state index contributed by atoms with van der Waals surface area (Å²) in [6.45, 7) is 4.42. The first-order valence-corrected chi connectivity index (χ1v) is 5.78. The average Bonchev–Trinajstić information content (AvgIpc) is 2.47. The van der Waals surface area contributed by atoms with E-state index in [-0.39, 0.29) is 6.04 Å². The zero-order valence-corrected chi connectivity index (χ0v) is 9.76. The summed E-state index contributed by atoms with van der Waals surface area (Å²) < 4.78 is 30.2. The van der Waals surface area contributed by atoms with Gasteiger partial charge in [-0.2, -0.15) is 8.78 Å². The molecule has 0 aliphatic carbocycles. The molecular weight excluding hydrogens is 216 g/mol. The zero-order chi connectivity index (χ0) is 12.2. The van der Waals surface area contributed by atoms with E-state index in [0.29, 0.717) is 6.54 Å². The normalized spacial score (nSPS) is 25.5. The van der Waals surface area contributed by atoms with Crippen molar-refractivity contribution in [1.29, 1.82) is 0 Å². The molecule has 0 aromatic rings. The number of nitrogens with one attached hydrogen (secondary N) is 1. The van der Waals surface area contributed by atoms with Gasteiger partial charge >= 0.3 is 11.9 Å². The molecule has 0 saturated carbocycles. The first kappa shape index (κ1) is 13.4. The maximum absolute atomic E-state index is 12.8. The van der Waals surface area contributed by atoms with Gasteiger partial charge in [0.25, 0.3) is 0 Å². The van der Waals surface area contributed by atoms with Crippen LogP contribution in [-0.4, -0.2) is 30.6 Å². The van der Waals surface area contributed by atoms with Crippen LogP contribution in [0.5, 0.6) is 0 Å². The summed E-state index contributed by atoms with van der Waals surface area (Å²) in [7, 11) is 0. The number of carbonyl (C=O) groups excluding carboxylic acids is 1. The van der Waals surface area contributed by atoms with Crippen LogP contribution in [0.4, 0.5) is 8.78 Å². The van der Waals surface area contributed by atoms with Gasteiger partial charge in [0.15, 0.2) is 0 Å². The van der Waals surface area contributed by atoms with Gasteiger partial charge in [-0.25, -0.2) is 4.79 Å². The molecule has 1 N–H and O–H groups in total. The molecule has 0 spiro atoms. The van der Waals surface area contributed by atoms with Crippen LogP contribution in [0.15, 0.2) is 0 Å². The summed E-state index contributed by atoms with van der Waals surface area (Å²) in [4.78, 5) is 10.7. The van der Waals surface area contributed by atoms with E-state index in [1.807, 2.05) is 6.92 Å². The SMILES string of the molecule is CCCCC(C)NCC1CC(F)(F)C(=O)O1. The second kappa shape index (κ2) is 5.57. The average molecular weight is 235 g/mol. The number of rotatable bonds is 6. The maximum atomic E-state index is 12.8. The fourth-order valence-electron chi connectivity index (χ4n) is 1.71. The fraction of sp³-hybridized carbons (Fsp3) is 0.909. The lowest BCUT2D eigenvalue weighted by molar-refractivity contribution is -0.159. The molecule has 0 aromatic heterocycles. The Bertz CT molecular complexity index is 246. The van der Waals surface area contributed by atoms with Crippen molar-refractivity contribution in [1.82, 2.24) is 5.32 Å². The Hall–Kier alpha value is -0.710. The molecule has 2 atom stereocenters. The Balaban J connectivity index is 2.22. The third-order valence-electron chi connectivity index (χ3n) is 2.74. The summed E-state index contributed by atoms with van der Waals surface area (Å²) in [5.74, 6) is -4.68. The summed E-state index contributed by atoms with van der Waals surface area (Å²) in [5.41, 5.74) is 0. The standard InChI is InChI=1S/C11H19F2NO2/c1-3-4-5-8(2)14-7-9-6-11(12,13)10(15)16-9/h8-9,14H,3-7H2,1-2H3. The van der Waals surface area contributed by atoms with E-state index < -0.39 is 24.4 Å². The molecular formula is C11H19F2NO2. The molecule has 0 aromatic carbocycles. The van der Waals surface area contributed by atoms with Gasteiger partial charge in [0.2, 0.25) is 0 Å². The van der Waals surface area contributed by atoms with Gasteiger partial charge in [-0.15, -0.1) is 0 Å². The van der Waals surface area contributed by atoms with Crippen molar-refractivity contribution in [2.75, 3.05) is 6.54 Å². The van der Waals surface area contributed by atoms with Crippen molar-refractivity contribution in [2.24, 2.45) is 0 Å². The van der Waals surface area contributed by atoms with Crippen molar-refractivity contribution in [3.05, 3.63) is 0 Å². The van der Waals surface area contributed by atoms with Crippen LogP contribution in [0.25, 0.3) is 0 Å². The first-order valence-electron chi connectivity index (χ1n) is 5.78. The molecule has 0 radical (unpaired) electrons. The van der Waals surface area contributed by atoms with Crippen molar-refractivity contribution in [2.45, 2.75) is 57.6 Å². The topological polar surface area (TPSA) is 38.3 Å². The second-order valence-corrected chi connectivity index (χ2v) is 4.39. The van der Waals surface area contributed by atoms with E-state index in [1.54, 1.807) is 0 Å². The second-order valence-electron chi connectivity index (χ2n) is 4.39. The summed E-state index contributed by atoms with van der Waals surface area (Å²) >= 11 is 0. The lowest BCUT2D eigenvalue weighted by Gasteiger charge is -2.15. The van der Waals surface area contributed by atoms with Gasteiger partial charge in [-0.3, -0.25) is 0 Å². The highest BCUT2D eigenvalue weighted by molar-refractivity contribution is 5.79. The van der Waals surface area contributed by atoms with Crippen molar-refractivity contribution in [3.8, 4) is 0 Å². The Morgan fingerprint density at radius 2 is 2.31 bits per heavy atom. The smallest absolute Gasteiger partial charge is 0.377 e. The molecule has 1 rings (SSSR count). The van der Waals surface area contributed by atoms with E-state index in [0.717, 1.165) is 19.3 Å². The fourth-order valence-corrected chi connectivity index (χ4v) is 1.71. The molecule has 0 amide bonds. The van der Waals surface area contributed by atoms with Gasteiger partial charge in [-0.05, 0) is 13.3 Å². The van der Waals surface area contributed by atoms with E-state index in [1.165, 1.54) is 0 Å². The van der Waals surface area contributed by atoms with Crippen LogP contribution in [0.1, 0.15) is 39.5 Å². The summed E-state index contributed by atoms with van der Waals surface area (Å²) in [6.07, 6.45) is 2.04. The van der Waals surface area contributed by atoms with E-state index in [2.05, 4.69) is 17.0 Å². The van der Waals surface area contributed by atoms with Crippen molar-refractivity contribution < 1.29 is 18.3 Å². The summed E-state index contributed by atoms with van der Waals surface area (Å²) in [6, 6.07) is 0.271. The van der Waals surface area contributed by atoms with Crippen LogP contribution in [-0.2, 0) is 9.53 Å². The third kappa shape index (κ3) is 3.70. The minimum absolute atomic E-state index is 0.271. The molecule has 5 heteroatoms. The lowest BCUT2D eigenvalue weighted by Crippen LogP contribution is -2.33. The van der Waals surface area contributed by atoms with Gasteiger partial charge < -0.3 is 10.1 Å². The van der Waals surface area contributed by atoms with Gasteiger partial charge in [0.05, 0.1) is 6.42 Å². The highest BCUT2D eigenvalue weighted by atomic mass is 19.3. The number of halogens is 2. The van der Waals surface area contributed by atoms with Crippen molar-refractivity contribution >= 4 is 5.97 Å². The van der Waals surface area contributed by atoms with Gasteiger partial charge in [0.1, 0.15) is 6.10 Å². The Morgan fingerprint density at radius 3 is 2.81 bits per heavy atom. The minimum Gasteiger partial charge on any atom is -0.456 e. The predicted molar refractivity (Wildman–Crippen MR) is 56.4 cm³/mol. The largest absolute Gasteiger partial charge is 0.456 e. The molecule has 1 aliphatic rings. The van der Waals surface area contributed by atoms with Gasteiger partial charge in [0, 0.05) is 12.6 Å². The minimum atomic E-state index is -3.29. The number of hydrogen-bond donors (Lipinski definition) is 1. The molecule has 1 saturated heterocycles.